The molecule has 1 aliphatic heterocycles. The summed E-state index contributed by atoms with van der Waals surface area (Å²) in [6, 6.07) is 29.7. The van der Waals surface area contributed by atoms with Gasteiger partial charge in [-0.15, -0.1) is 0 Å². The molecule has 1 fully saturated rings. The van der Waals surface area contributed by atoms with Crippen molar-refractivity contribution < 1.29 is 9.53 Å². The van der Waals surface area contributed by atoms with Crippen LogP contribution in [-0.4, -0.2) is 47.3 Å². The Morgan fingerprint density at radius 1 is 0.943 bits per heavy atom. The summed E-state index contributed by atoms with van der Waals surface area (Å²) in [5.41, 5.74) is 4.19. The van der Waals surface area contributed by atoms with Crippen molar-refractivity contribution >= 4 is 5.91 Å². The van der Waals surface area contributed by atoms with Crippen molar-refractivity contribution in [2.24, 2.45) is 0 Å². The van der Waals surface area contributed by atoms with Gasteiger partial charge in [0.05, 0.1) is 24.5 Å². The Bertz CT molecular complexity index is 1260. The van der Waals surface area contributed by atoms with Gasteiger partial charge < -0.3 is 10.1 Å². The number of aromatic nitrogens is 2. The third kappa shape index (κ3) is 4.98. The molecule has 0 bridgehead atoms. The highest BCUT2D eigenvalue weighted by atomic mass is 16.5. The number of para-hydroxylation sites is 2. The minimum absolute atomic E-state index is 0.0410. The Balaban J connectivity index is 1.44. The molecule has 5 rings (SSSR count). The van der Waals surface area contributed by atoms with Crippen LogP contribution in [0.4, 0.5) is 0 Å². The molecular weight excluding hydrogens is 436 g/mol. The smallest absolute Gasteiger partial charge is 0.270 e. The lowest BCUT2D eigenvalue weighted by atomic mass is 10.0. The highest BCUT2D eigenvalue weighted by Gasteiger charge is 2.27. The third-order valence-corrected chi connectivity index (χ3v) is 6.55. The van der Waals surface area contributed by atoms with Crippen LogP contribution in [0.1, 0.15) is 34.9 Å². The molecule has 178 valence electrons. The van der Waals surface area contributed by atoms with Crippen LogP contribution in [0.3, 0.4) is 0 Å². The zero-order valence-electron chi connectivity index (χ0n) is 19.9. The van der Waals surface area contributed by atoms with Crippen LogP contribution in [0.5, 0.6) is 5.75 Å². The number of benzene rings is 3. The van der Waals surface area contributed by atoms with Crippen LogP contribution in [0.2, 0.25) is 0 Å². The first-order valence-corrected chi connectivity index (χ1v) is 12.1. The first-order chi connectivity index (χ1) is 17.2. The Morgan fingerprint density at radius 2 is 1.60 bits per heavy atom. The molecule has 1 saturated heterocycles. The summed E-state index contributed by atoms with van der Waals surface area (Å²) in [5.74, 6) is 0.696. The van der Waals surface area contributed by atoms with Gasteiger partial charge in [0.25, 0.3) is 5.91 Å². The number of rotatable bonds is 8. The molecule has 0 radical (unpaired) electrons. The highest BCUT2D eigenvalue weighted by molar-refractivity contribution is 5.94. The molecule has 1 unspecified atom stereocenters. The van der Waals surface area contributed by atoms with Gasteiger partial charge in [-0.3, -0.25) is 9.69 Å². The number of hydrogen-bond donors (Lipinski definition) is 1. The van der Waals surface area contributed by atoms with E-state index in [0.717, 1.165) is 41.3 Å². The van der Waals surface area contributed by atoms with Crippen molar-refractivity contribution in [3.05, 3.63) is 102 Å². The topological polar surface area (TPSA) is 59.4 Å². The lowest BCUT2D eigenvalue weighted by Crippen LogP contribution is -2.37. The van der Waals surface area contributed by atoms with Gasteiger partial charge in [0.15, 0.2) is 0 Å². The SMILES string of the molecule is COc1ccccc1C(CNC(=O)c1cc(-c2ccccc2)nn1-c1ccccc1)N1CCCC1. The highest BCUT2D eigenvalue weighted by Crippen LogP contribution is 2.31. The second-order valence-electron chi connectivity index (χ2n) is 8.74. The molecule has 1 aliphatic rings. The van der Waals surface area contributed by atoms with Crippen LogP contribution in [-0.2, 0) is 0 Å². The van der Waals surface area contributed by atoms with E-state index in [2.05, 4.69) is 16.3 Å². The van der Waals surface area contributed by atoms with Gasteiger partial charge in [-0.1, -0.05) is 66.7 Å². The van der Waals surface area contributed by atoms with E-state index in [1.165, 1.54) is 12.8 Å². The minimum Gasteiger partial charge on any atom is -0.496 e. The van der Waals surface area contributed by atoms with E-state index < -0.39 is 0 Å². The third-order valence-electron chi connectivity index (χ3n) is 6.55. The van der Waals surface area contributed by atoms with E-state index in [1.54, 1.807) is 11.8 Å². The lowest BCUT2D eigenvalue weighted by molar-refractivity contribution is 0.0929. The Labute approximate surface area is 206 Å². The van der Waals surface area contributed by atoms with E-state index in [-0.39, 0.29) is 11.9 Å². The summed E-state index contributed by atoms with van der Waals surface area (Å²) in [6.07, 6.45) is 2.33. The summed E-state index contributed by atoms with van der Waals surface area (Å²) < 4.78 is 7.38. The van der Waals surface area contributed by atoms with E-state index in [1.807, 2.05) is 84.9 Å². The first kappa shape index (κ1) is 22.9. The average Bonchev–Trinajstić information content (AvgIpc) is 3.61. The maximum Gasteiger partial charge on any atom is 0.270 e. The lowest BCUT2D eigenvalue weighted by Gasteiger charge is -2.29. The summed E-state index contributed by atoms with van der Waals surface area (Å²) >= 11 is 0. The minimum atomic E-state index is -0.150. The van der Waals surface area contributed by atoms with Gasteiger partial charge in [0, 0.05) is 17.7 Å². The van der Waals surface area contributed by atoms with Gasteiger partial charge in [0.2, 0.25) is 0 Å². The van der Waals surface area contributed by atoms with Crippen molar-refractivity contribution in [2.45, 2.75) is 18.9 Å². The summed E-state index contributed by atoms with van der Waals surface area (Å²) in [4.78, 5) is 16.0. The number of carbonyl (C=O) groups is 1. The molecule has 0 aliphatic carbocycles. The molecule has 3 aromatic carbocycles. The molecule has 1 amide bonds. The average molecular weight is 467 g/mol. The Morgan fingerprint density at radius 3 is 2.31 bits per heavy atom. The number of ether oxygens (including phenoxy) is 1. The molecular formula is C29H30N4O2. The summed E-state index contributed by atoms with van der Waals surface area (Å²) in [7, 11) is 1.70. The first-order valence-electron chi connectivity index (χ1n) is 12.1. The zero-order valence-corrected chi connectivity index (χ0v) is 19.9. The van der Waals surface area contributed by atoms with E-state index in [9.17, 15) is 4.79 Å². The normalized spacial score (nSPS) is 14.5. The van der Waals surface area contributed by atoms with E-state index in [0.29, 0.717) is 12.2 Å². The monoisotopic (exact) mass is 466 g/mol. The number of likely N-dealkylation sites (tertiary alicyclic amines) is 1. The Hall–Kier alpha value is -3.90. The fraction of sp³-hybridized carbons (Fsp3) is 0.241. The molecule has 35 heavy (non-hydrogen) atoms. The largest absolute Gasteiger partial charge is 0.496 e. The van der Waals surface area contributed by atoms with Crippen LogP contribution in [0.25, 0.3) is 16.9 Å². The maximum absolute atomic E-state index is 13.6. The van der Waals surface area contributed by atoms with Crippen molar-refractivity contribution in [1.29, 1.82) is 0 Å². The zero-order chi connectivity index (χ0) is 24.0. The van der Waals surface area contributed by atoms with Crippen molar-refractivity contribution in [1.82, 2.24) is 20.0 Å². The molecule has 1 N–H and O–H groups in total. The molecule has 0 saturated carbocycles. The van der Waals surface area contributed by atoms with Crippen LogP contribution in [0, 0.1) is 0 Å². The molecule has 4 aromatic rings. The van der Waals surface area contributed by atoms with Gasteiger partial charge in [0.1, 0.15) is 11.4 Å². The predicted octanol–water partition coefficient (Wildman–Crippen LogP) is 5.11. The van der Waals surface area contributed by atoms with Gasteiger partial charge in [-0.05, 0) is 50.2 Å². The second-order valence-corrected chi connectivity index (χ2v) is 8.74. The number of amides is 1. The van der Waals surface area contributed by atoms with E-state index in [4.69, 9.17) is 9.84 Å². The molecule has 1 aromatic heterocycles. The quantitative estimate of drug-likeness (QED) is 0.392. The van der Waals surface area contributed by atoms with Crippen LogP contribution in [0.15, 0.2) is 91.0 Å². The van der Waals surface area contributed by atoms with Gasteiger partial charge in [-0.25, -0.2) is 4.68 Å². The summed E-state index contributed by atoms with van der Waals surface area (Å²) in [6.45, 7) is 2.51. The molecule has 6 nitrogen and oxygen atoms in total. The van der Waals surface area contributed by atoms with Crippen LogP contribution < -0.4 is 10.1 Å². The van der Waals surface area contributed by atoms with Crippen molar-refractivity contribution in [3.8, 4) is 22.7 Å². The number of methoxy groups -OCH3 is 1. The number of carbonyl (C=O) groups excluding carboxylic acids is 1. The van der Waals surface area contributed by atoms with Crippen molar-refractivity contribution in [2.75, 3.05) is 26.7 Å². The number of nitrogens with one attached hydrogen (secondary N) is 1. The molecule has 2 heterocycles. The van der Waals surface area contributed by atoms with Gasteiger partial charge in [-0.2, -0.15) is 5.10 Å². The fourth-order valence-corrected chi connectivity index (χ4v) is 4.77. The second kappa shape index (κ2) is 10.6. The molecule has 6 heteroatoms. The van der Waals surface area contributed by atoms with Crippen molar-refractivity contribution in [3.63, 3.8) is 0 Å². The molecule has 1 atom stereocenters. The van der Waals surface area contributed by atoms with Gasteiger partial charge >= 0.3 is 0 Å². The maximum atomic E-state index is 13.6. The summed E-state index contributed by atoms with van der Waals surface area (Å²) in [5, 5.41) is 7.99. The number of hydrogen-bond acceptors (Lipinski definition) is 4. The molecule has 0 spiro atoms. The predicted molar refractivity (Wildman–Crippen MR) is 138 cm³/mol. The number of nitrogens with zero attached hydrogens (tertiary/aromatic N) is 3. The Kier molecular flexibility index (Phi) is 6.91. The van der Waals surface area contributed by atoms with E-state index >= 15 is 0 Å². The fourth-order valence-electron chi connectivity index (χ4n) is 4.77. The standard InChI is InChI=1S/C29H30N4O2/c1-35-28-17-9-8-16-24(28)27(32-18-10-11-19-32)21-30-29(34)26-20-25(22-12-4-2-5-13-22)31-33(26)23-14-6-3-7-15-23/h2-9,12-17,20,27H,10-11,18-19,21H2,1H3,(H,30,34). The van der Waals surface area contributed by atoms with Crippen LogP contribution >= 0.6 is 0 Å².